The number of hydrogen-bond acceptors (Lipinski definition) is 3. The van der Waals surface area contributed by atoms with E-state index in [9.17, 15) is 0 Å². The van der Waals surface area contributed by atoms with E-state index in [1.54, 1.807) is 7.11 Å². The fourth-order valence-corrected chi connectivity index (χ4v) is 1.60. The molecule has 0 heterocycles. The molecule has 0 bridgehead atoms. The highest BCUT2D eigenvalue weighted by molar-refractivity contribution is 5.27. The van der Waals surface area contributed by atoms with Crippen molar-refractivity contribution in [1.29, 1.82) is 0 Å². The minimum Gasteiger partial charge on any atom is -0.497 e. The molecule has 0 spiro atoms. The van der Waals surface area contributed by atoms with Crippen LogP contribution >= 0.6 is 0 Å². The van der Waals surface area contributed by atoms with Crippen LogP contribution in [0.1, 0.15) is 39.7 Å². The Labute approximate surface area is 117 Å². The summed E-state index contributed by atoms with van der Waals surface area (Å²) in [6.07, 6.45) is 1.30. The molecule has 1 aromatic rings. The fourth-order valence-electron chi connectivity index (χ4n) is 1.60. The van der Waals surface area contributed by atoms with Gasteiger partial charge >= 0.3 is 0 Å². The van der Waals surface area contributed by atoms with Crippen LogP contribution in [0.25, 0.3) is 0 Å². The quantitative estimate of drug-likeness (QED) is 0.781. The van der Waals surface area contributed by atoms with Crippen molar-refractivity contribution in [3.05, 3.63) is 29.8 Å². The molecule has 1 rings (SSSR count). The Morgan fingerprint density at radius 1 is 1.32 bits per heavy atom. The maximum Gasteiger partial charge on any atom is 0.119 e. The number of rotatable bonds is 8. The zero-order valence-corrected chi connectivity index (χ0v) is 12.8. The van der Waals surface area contributed by atoms with Crippen LogP contribution in [0.2, 0.25) is 0 Å². The average molecular weight is 265 g/mol. The maximum atomic E-state index is 5.85. The average Bonchev–Trinajstić information content (AvgIpc) is 2.43. The molecule has 3 nitrogen and oxygen atoms in total. The molecule has 0 aliphatic heterocycles. The second-order valence-electron chi connectivity index (χ2n) is 5.59. The van der Waals surface area contributed by atoms with Gasteiger partial charge in [-0.05, 0) is 44.9 Å². The lowest BCUT2D eigenvalue weighted by Crippen LogP contribution is -2.42. The highest BCUT2D eigenvalue weighted by Crippen LogP contribution is 2.14. The van der Waals surface area contributed by atoms with Crippen molar-refractivity contribution in [3.63, 3.8) is 0 Å². The van der Waals surface area contributed by atoms with Crippen LogP contribution in [0.15, 0.2) is 24.3 Å². The molecule has 3 heteroatoms. The van der Waals surface area contributed by atoms with Gasteiger partial charge in [-0.25, -0.2) is 0 Å². The van der Waals surface area contributed by atoms with Crippen LogP contribution in [0.3, 0.4) is 0 Å². The van der Waals surface area contributed by atoms with E-state index in [-0.39, 0.29) is 11.6 Å². The van der Waals surface area contributed by atoms with E-state index in [2.05, 4.69) is 39.1 Å². The van der Waals surface area contributed by atoms with E-state index < -0.39 is 0 Å². The van der Waals surface area contributed by atoms with Crippen molar-refractivity contribution in [1.82, 2.24) is 5.32 Å². The summed E-state index contributed by atoms with van der Waals surface area (Å²) in [5.74, 6) is 0.874. The molecule has 1 atom stereocenters. The summed E-state index contributed by atoms with van der Waals surface area (Å²) in [6.45, 7) is 10.2. The molecule has 0 saturated carbocycles. The van der Waals surface area contributed by atoms with Gasteiger partial charge in [0.2, 0.25) is 0 Å². The lowest BCUT2D eigenvalue weighted by molar-refractivity contribution is 0.0482. The van der Waals surface area contributed by atoms with E-state index in [1.165, 1.54) is 0 Å². The molecule has 0 fully saturated rings. The molecule has 0 aliphatic carbocycles. The number of hydrogen-bond donors (Lipinski definition) is 1. The van der Waals surface area contributed by atoms with Crippen LogP contribution in [0.4, 0.5) is 0 Å². The third-order valence-corrected chi connectivity index (χ3v) is 3.42. The number of methoxy groups -OCH3 is 1. The third kappa shape index (κ3) is 6.08. The van der Waals surface area contributed by atoms with E-state index >= 15 is 0 Å². The normalized spacial score (nSPS) is 13.3. The topological polar surface area (TPSA) is 30.5 Å². The first-order valence-corrected chi connectivity index (χ1v) is 6.96. The van der Waals surface area contributed by atoms with Gasteiger partial charge in [0.05, 0.1) is 19.8 Å². The number of nitrogens with one attached hydrogen (secondary N) is 1. The third-order valence-electron chi connectivity index (χ3n) is 3.42. The summed E-state index contributed by atoms with van der Waals surface area (Å²) in [4.78, 5) is 0. The molecule has 1 unspecified atom stereocenters. The van der Waals surface area contributed by atoms with Crippen molar-refractivity contribution in [2.75, 3.05) is 13.7 Å². The Balaban J connectivity index is 2.35. The Morgan fingerprint density at radius 3 is 2.68 bits per heavy atom. The summed E-state index contributed by atoms with van der Waals surface area (Å²) in [5, 5.41) is 3.52. The van der Waals surface area contributed by atoms with Crippen LogP contribution < -0.4 is 10.1 Å². The van der Waals surface area contributed by atoms with E-state index in [0.717, 1.165) is 24.3 Å². The number of benzene rings is 1. The van der Waals surface area contributed by atoms with Gasteiger partial charge in [0, 0.05) is 12.1 Å². The highest BCUT2D eigenvalue weighted by atomic mass is 16.5. The largest absolute Gasteiger partial charge is 0.497 e. The molecule has 0 aliphatic rings. The second-order valence-corrected chi connectivity index (χ2v) is 5.59. The van der Waals surface area contributed by atoms with Crippen molar-refractivity contribution in [2.45, 2.75) is 52.4 Å². The minimum atomic E-state index is 0.174. The lowest BCUT2D eigenvalue weighted by Gasteiger charge is -2.26. The van der Waals surface area contributed by atoms with Crippen LogP contribution in [0, 0.1) is 0 Å². The van der Waals surface area contributed by atoms with Crippen molar-refractivity contribution in [2.24, 2.45) is 0 Å². The SMILES string of the molecule is CCC(C)(C)NCC(C)OCc1cccc(OC)c1. The molecule has 0 aromatic heterocycles. The lowest BCUT2D eigenvalue weighted by atomic mass is 10.0. The molecule has 0 saturated heterocycles. The zero-order chi connectivity index (χ0) is 14.3. The van der Waals surface area contributed by atoms with E-state index in [0.29, 0.717) is 6.61 Å². The Hall–Kier alpha value is -1.06. The first-order chi connectivity index (χ1) is 8.96. The highest BCUT2D eigenvalue weighted by Gasteiger charge is 2.15. The Bertz CT molecular complexity index is 377. The van der Waals surface area contributed by atoms with Gasteiger partial charge in [0.25, 0.3) is 0 Å². The molecular formula is C16H27NO2. The van der Waals surface area contributed by atoms with E-state index in [4.69, 9.17) is 9.47 Å². The summed E-state index contributed by atoms with van der Waals surface area (Å²) in [5.41, 5.74) is 1.31. The summed E-state index contributed by atoms with van der Waals surface area (Å²) in [7, 11) is 1.68. The van der Waals surface area contributed by atoms with Gasteiger partial charge < -0.3 is 14.8 Å². The minimum absolute atomic E-state index is 0.174. The Kier molecular flexibility index (Phi) is 6.32. The first kappa shape index (κ1) is 16.0. The van der Waals surface area contributed by atoms with Crippen molar-refractivity contribution in [3.8, 4) is 5.75 Å². The summed E-state index contributed by atoms with van der Waals surface area (Å²) in [6, 6.07) is 7.99. The zero-order valence-electron chi connectivity index (χ0n) is 12.8. The molecular weight excluding hydrogens is 238 g/mol. The molecule has 108 valence electrons. The van der Waals surface area contributed by atoms with Gasteiger partial charge in [0.1, 0.15) is 5.75 Å². The summed E-state index contributed by atoms with van der Waals surface area (Å²) < 4.78 is 11.0. The first-order valence-electron chi connectivity index (χ1n) is 6.96. The standard InChI is InChI=1S/C16H27NO2/c1-6-16(3,4)17-11-13(2)19-12-14-8-7-9-15(10-14)18-5/h7-10,13,17H,6,11-12H2,1-5H3. The van der Waals surface area contributed by atoms with E-state index in [1.807, 2.05) is 18.2 Å². The van der Waals surface area contributed by atoms with Gasteiger partial charge in [-0.2, -0.15) is 0 Å². The molecule has 19 heavy (non-hydrogen) atoms. The van der Waals surface area contributed by atoms with Crippen molar-refractivity contribution < 1.29 is 9.47 Å². The predicted molar refractivity (Wildman–Crippen MR) is 79.6 cm³/mol. The Morgan fingerprint density at radius 2 is 2.05 bits per heavy atom. The van der Waals surface area contributed by atoms with Gasteiger partial charge in [-0.1, -0.05) is 19.1 Å². The molecule has 1 N–H and O–H groups in total. The van der Waals surface area contributed by atoms with Crippen LogP contribution in [-0.4, -0.2) is 25.3 Å². The second kappa shape index (κ2) is 7.51. The van der Waals surface area contributed by atoms with Crippen LogP contribution in [0.5, 0.6) is 5.75 Å². The maximum absolute atomic E-state index is 5.85. The van der Waals surface area contributed by atoms with Crippen molar-refractivity contribution >= 4 is 0 Å². The molecule has 1 aromatic carbocycles. The van der Waals surface area contributed by atoms with Gasteiger partial charge in [0.15, 0.2) is 0 Å². The summed E-state index contributed by atoms with van der Waals surface area (Å²) >= 11 is 0. The smallest absolute Gasteiger partial charge is 0.119 e. The van der Waals surface area contributed by atoms with Crippen LogP contribution in [-0.2, 0) is 11.3 Å². The molecule has 0 radical (unpaired) electrons. The number of ether oxygens (including phenoxy) is 2. The van der Waals surface area contributed by atoms with Gasteiger partial charge in [-0.3, -0.25) is 0 Å². The molecule has 0 amide bonds. The van der Waals surface area contributed by atoms with Gasteiger partial charge in [-0.15, -0.1) is 0 Å². The predicted octanol–water partition coefficient (Wildman–Crippen LogP) is 3.38. The monoisotopic (exact) mass is 265 g/mol. The fraction of sp³-hybridized carbons (Fsp3) is 0.625.